The molecule has 0 atom stereocenters. The summed E-state index contributed by atoms with van der Waals surface area (Å²) < 4.78 is 83.4. The molecule has 50 heavy (non-hydrogen) atoms. The van der Waals surface area contributed by atoms with Gasteiger partial charge < -0.3 is 19.5 Å². The van der Waals surface area contributed by atoms with Gasteiger partial charge in [0.25, 0.3) is 5.92 Å². The van der Waals surface area contributed by atoms with E-state index in [2.05, 4.69) is 20.1 Å². The number of hydrogen-bond donors (Lipinski definition) is 2. The molecule has 3 N–H and O–H groups in total. The molecule has 1 aliphatic carbocycles. The number of carboxylic acids is 1. The summed E-state index contributed by atoms with van der Waals surface area (Å²) in [5, 5.41) is 20.1. The third kappa shape index (κ3) is 8.50. The highest BCUT2D eigenvalue weighted by atomic mass is 32.2. The number of carboxylic acid groups (broad SMARTS) is 1. The Kier molecular flexibility index (Phi) is 11.0. The Balaban J connectivity index is 1.26. The second kappa shape index (κ2) is 14.9. The highest BCUT2D eigenvalue weighted by Crippen LogP contribution is 2.47. The van der Waals surface area contributed by atoms with Gasteiger partial charge in [0.1, 0.15) is 29.8 Å². The summed E-state index contributed by atoms with van der Waals surface area (Å²) in [5.41, 5.74) is -3.27. The largest absolute Gasteiger partial charge is 0.481 e. The quantitative estimate of drug-likeness (QED) is 0.0699. The van der Waals surface area contributed by atoms with E-state index in [1.54, 1.807) is 24.3 Å². The number of carbonyl (C=O) groups is 1. The fourth-order valence-corrected chi connectivity index (χ4v) is 5.35. The monoisotopic (exact) mass is 721 g/mol. The van der Waals surface area contributed by atoms with Crippen molar-refractivity contribution < 1.29 is 41.3 Å². The summed E-state index contributed by atoms with van der Waals surface area (Å²) >= 11 is 0.961. The molecule has 0 saturated heterocycles. The average molecular weight is 722 g/mol. The molecule has 5 rings (SSSR count). The lowest BCUT2D eigenvalue weighted by atomic mass is 9.94. The Labute approximate surface area is 289 Å². The molecule has 0 bridgehead atoms. The molecule has 3 heterocycles. The first-order chi connectivity index (χ1) is 23.7. The number of pyridine rings is 1. The molecule has 0 spiro atoms. The molecule has 17 heteroatoms. The molecule has 0 unspecified atom stereocenters. The number of anilines is 1. The Bertz CT molecular complexity index is 1780. The van der Waals surface area contributed by atoms with Crippen LogP contribution in [-0.4, -0.2) is 74.9 Å². The van der Waals surface area contributed by atoms with Crippen molar-refractivity contribution in [2.45, 2.75) is 50.2 Å². The van der Waals surface area contributed by atoms with Crippen molar-refractivity contribution in [2.75, 3.05) is 37.8 Å². The van der Waals surface area contributed by atoms with Gasteiger partial charge in [0.2, 0.25) is 5.88 Å². The van der Waals surface area contributed by atoms with Gasteiger partial charge in [0.15, 0.2) is 5.82 Å². The standard InChI is InChI=1S/C33H36F5N7O4S/c1-30(2,33(36,37)38)20-49-25-11-17-45(43-25)28-27(40-14-15-41-28)22-7-3-4-8-23(22)32(34,35)21-48-18-6-16-44(19-31(12-13-31)29(46)47)24-9-5-10-26(42-24)50-39/h3-5,7-11,14-15,17H,6,12-13,16,18-21,39H2,1-2H3,(H,46,47). The summed E-state index contributed by atoms with van der Waals surface area (Å²) in [4.78, 5) is 26.7. The molecule has 0 amide bonds. The minimum absolute atomic E-state index is 0.0444. The number of halogens is 5. The Morgan fingerprint density at radius 1 is 1.04 bits per heavy atom. The van der Waals surface area contributed by atoms with Crippen molar-refractivity contribution in [1.82, 2.24) is 24.7 Å². The number of nitrogens with two attached hydrogens (primary N) is 1. The van der Waals surface area contributed by atoms with E-state index in [9.17, 15) is 23.1 Å². The van der Waals surface area contributed by atoms with Gasteiger partial charge in [-0.1, -0.05) is 30.3 Å². The van der Waals surface area contributed by atoms with Crippen molar-refractivity contribution in [3.05, 3.63) is 72.7 Å². The molecule has 1 aromatic carbocycles. The van der Waals surface area contributed by atoms with Crippen LogP contribution in [0.1, 0.15) is 38.7 Å². The summed E-state index contributed by atoms with van der Waals surface area (Å²) in [5.74, 6) is -3.88. The van der Waals surface area contributed by atoms with Crippen LogP contribution in [0, 0.1) is 10.8 Å². The van der Waals surface area contributed by atoms with Gasteiger partial charge in [-0.05, 0) is 57.2 Å². The first-order valence-electron chi connectivity index (χ1n) is 15.6. The lowest BCUT2D eigenvalue weighted by Crippen LogP contribution is -2.37. The van der Waals surface area contributed by atoms with E-state index in [1.807, 2.05) is 4.90 Å². The molecule has 0 aliphatic heterocycles. The number of aromatic nitrogens is 5. The van der Waals surface area contributed by atoms with Gasteiger partial charge in [-0.25, -0.2) is 14.6 Å². The summed E-state index contributed by atoms with van der Waals surface area (Å²) in [6, 6.07) is 12.3. The lowest BCUT2D eigenvalue weighted by Gasteiger charge is -2.27. The van der Waals surface area contributed by atoms with Crippen LogP contribution in [0.2, 0.25) is 0 Å². The zero-order valence-corrected chi connectivity index (χ0v) is 28.1. The van der Waals surface area contributed by atoms with Crippen molar-refractivity contribution >= 4 is 23.7 Å². The number of hydrogen-bond acceptors (Lipinski definition) is 10. The molecule has 4 aromatic rings. The molecular weight excluding hydrogens is 685 g/mol. The number of aliphatic carboxylic acids is 1. The summed E-state index contributed by atoms with van der Waals surface area (Å²) in [6.07, 6.45) is 0.942. The van der Waals surface area contributed by atoms with Gasteiger partial charge >= 0.3 is 12.1 Å². The Morgan fingerprint density at radius 3 is 2.48 bits per heavy atom. The summed E-state index contributed by atoms with van der Waals surface area (Å²) in [7, 11) is 0. The van der Waals surface area contributed by atoms with Crippen LogP contribution < -0.4 is 14.8 Å². The number of benzene rings is 1. The van der Waals surface area contributed by atoms with E-state index >= 15 is 8.78 Å². The zero-order valence-electron chi connectivity index (χ0n) is 27.2. The van der Waals surface area contributed by atoms with Crippen molar-refractivity contribution in [3.63, 3.8) is 0 Å². The molecular formula is C33H36F5N7O4S. The average Bonchev–Trinajstić information content (AvgIpc) is 3.73. The molecule has 1 fully saturated rings. The van der Waals surface area contributed by atoms with Crippen LogP contribution in [0.25, 0.3) is 17.1 Å². The highest BCUT2D eigenvalue weighted by Gasteiger charge is 2.51. The fourth-order valence-electron chi connectivity index (χ4n) is 5.05. The number of ether oxygens (including phenoxy) is 2. The molecule has 11 nitrogen and oxygen atoms in total. The van der Waals surface area contributed by atoms with E-state index in [0.717, 1.165) is 25.8 Å². The van der Waals surface area contributed by atoms with E-state index in [0.29, 0.717) is 36.7 Å². The van der Waals surface area contributed by atoms with Crippen LogP contribution in [0.3, 0.4) is 0 Å². The third-order valence-electron chi connectivity index (χ3n) is 8.34. The van der Waals surface area contributed by atoms with Crippen LogP contribution >= 0.6 is 11.9 Å². The van der Waals surface area contributed by atoms with E-state index in [4.69, 9.17) is 14.6 Å². The van der Waals surface area contributed by atoms with Crippen molar-refractivity contribution in [2.24, 2.45) is 16.0 Å². The Hall–Kier alpha value is -4.35. The van der Waals surface area contributed by atoms with Gasteiger partial charge in [0.05, 0.1) is 10.8 Å². The smallest absolute Gasteiger partial charge is 0.397 e. The fraction of sp³-hybridized carbons (Fsp3) is 0.424. The van der Waals surface area contributed by atoms with Crippen LogP contribution in [0.5, 0.6) is 5.88 Å². The molecule has 3 aromatic heterocycles. The maximum absolute atomic E-state index is 15.8. The third-order valence-corrected chi connectivity index (χ3v) is 8.81. The molecule has 0 radical (unpaired) electrons. The number of alkyl halides is 5. The predicted molar refractivity (Wildman–Crippen MR) is 175 cm³/mol. The predicted octanol–water partition coefficient (Wildman–Crippen LogP) is 6.53. The first kappa shape index (κ1) is 36.9. The maximum Gasteiger partial charge on any atom is 0.397 e. The normalized spacial score (nSPS) is 14.4. The summed E-state index contributed by atoms with van der Waals surface area (Å²) in [6.45, 7) is 0.857. The second-order valence-electron chi connectivity index (χ2n) is 12.6. The van der Waals surface area contributed by atoms with E-state index < -0.39 is 42.1 Å². The Morgan fingerprint density at radius 2 is 1.78 bits per heavy atom. The number of rotatable bonds is 17. The lowest BCUT2D eigenvalue weighted by molar-refractivity contribution is -0.219. The maximum atomic E-state index is 15.8. The van der Waals surface area contributed by atoms with Gasteiger partial charge in [0, 0.05) is 55.5 Å². The highest BCUT2D eigenvalue weighted by molar-refractivity contribution is 7.97. The van der Waals surface area contributed by atoms with Crippen LogP contribution in [0.15, 0.2) is 72.1 Å². The minimum atomic E-state index is -4.50. The SMILES string of the molecule is CC(C)(COc1ccn(-c2nccnc2-c2ccccc2C(F)(F)COCCCN(CC2(C(=O)O)CC2)c2cccc(SN)n2)n1)C(F)(F)F. The second-order valence-corrected chi connectivity index (χ2v) is 13.3. The van der Waals surface area contributed by atoms with Crippen LogP contribution in [0.4, 0.5) is 27.8 Å². The molecule has 1 saturated carbocycles. The first-order valence-corrected chi connectivity index (χ1v) is 16.5. The van der Waals surface area contributed by atoms with Crippen molar-refractivity contribution in [1.29, 1.82) is 0 Å². The zero-order chi connectivity index (χ0) is 36.2. The number of nitrogens with zero attached hydrogens (tertiary/aromatic N) is 6. The topological polar surface area (TPSA) is 142 Å². The molecule has 268 valence electrons. The van der Waals surface area contributed by atoms with Crippen molar-refractivity contribution in [3.8, 4) is 23.0 Å². The van der Waals surface area contributed by atoms with E-state index in [1.165, 1.54) is 47.5 Å². The van der Waals surface area contributed by atoms with Gasteiger partial charge in [-0.3, -0.25) is 14.9 Å². The van der Waals surface area contributed by atoms with Gasteiger partial charge in [-0.15, -0.1) is 5.10 Å². The van der Waals surface area contributed by atoms with Gasteiger partial charge in [-0.2, -0.15) is 22.0 Å². The molecule has 1 aliphatic rings. The van der Waals surface area contributed by atoms with E-state index in [-0.39, 0.29) is 41.7 Å². The van der Waals surface area contributed by atoms with Crippen LogP contribution in [-0.2, 0) is 15.5 Å². The minimum Gasteiger partial charge on any atom is -0.481 e.